The topological polar surface area (TPSA) is 70.8 Å². The van der Waals surface area contributed by atoms with Gasteiger partial charge in [0.2, 0.25) is 0 Å². The van der Waals surface area contributed by atoms with Gasteiger partial charge in [0.25, 0.3) is 0 Å². The highest BCUT2D eigenvalue weighted by Gasteiger charge is 2.19. The second kappa shape index (κ2) is 8.22. The van der Waals surface area contributed by atoms with E-state index in [2.05, 4.69) is 0 Å². The molecule has 0 fully saturated rings. The summed E-state index contributed by atoms with van der Waals surface area (Å²) < 4.78 is 14.9. The number of ether oxygens (including phenoxy) is 3. The molecule has 5 nitrogen and oxygen atoms in total. The minimum atomic E-state index is -0.882. The molecule has 0 aromatic heterocycles. The fourth-order valence-corrected chi connectivity index (χ4v) is 1.95. The minimum absolute atomic E-state index is 0.159. The standard InChI is InChI=1S/C12H15Cl2NO4/c1-17-7-18-6-5-10(19-12(15)16)8-3-2-4-9(13)11(8)14/h2-4,10H,5-7H2,1H3,(H2,15,16)/t10-/m0/s1. The molecule has 0 aliphatic rings. The number of amides is 1. The zero-order valence-corrected chi connectivity index (χ0v) is 11.9. The maximum atomic E-state index is 10.9. The van der Waals surface area contributed by atoms with Crippen molar-refractivity contribution in [2.45, 2.75) is 12.5 Å². The maximum Gasteiger partial charge on any atom is 0.405 e. The van der Waals surface area contributed by atoms with E-state index >= 15 is 0 Å². The Hall–Kier alpha value is -1.01. The van der Waals surface area contributed by atoms with Crippen LogP contribution in [-0.4, -0.2) is 26.6 Å². The van der Waals surface area contributed by atoms with Gasteiger partial charge in [-0.15, -0.1) is 0 Å². The Morgan fingerprint density at radius 3 is 2.79 bits per heavy atom. The third kappa shape index (κ3) is 5.24. The first-order valence-corrected chi connectivity index (χ1v) is 6.28. The van der Waals surface area contributed by atoms with Crippen LogP contribution in [0.4, 0.5) is 4.79 Å². The van der Waals surface area contributed by atoms with Gasteiger partial charge < -0.3 is 19.9 Å². The summed E-state index contributed by atoms with van der Waals surface area (Å²) >= 11 is 12.0. The lowest BCUT2D eigenvalue weighted by molar-refractivity contribution is -0.0407. The second-order valence-corrected chi connectivity index (χ2v) is 4.46. The molecule has 1 rings (SSSR count). The molecule has 0 bridgehead atoms. The number of hydrogen-bond acceptors (Lipinski definition) is 4. The minimum Gasteiger partial charge on any atom is -0.441 e. The van der Waals surface area contributed by atoms with Crippen LogP contribution in [0.5, 0.6) is 0 Å². The number of primary amides is 1. The summed E-state index contributed by atoms with van der Waals surface area (Å²) in [6.45, 7) is 0.487. The quantitative estimate of drug-likeness (QED) is 0.620. The molecule has 0 unspecified atom stereocenters. The van der Waals surface area contributed by atoms with Crippen LogP contribution in [0.15, 0.2) is 18.2 Å². The van der Waals surface area contributed by atoms with Crippen LogP contribution in [0.3, 0.4) is 0 Å². The van der Waals surface area contributed by atoms with Crippen LogP contribution >= 0.6 is 23.2 Å². The lowest BCUT2D eigenvalue weighted by Crippen LogP contribution is -2.19. The molecule has 1 aromatic rings. The summed E-state index contributed by atoms with van der Waals surface area (Å²) in [7, 11) is 1.52. The van der Waals surface area contributed by atoms with E-state index in [0.29, 0.717) is 28.6 Å². The summed E-state index contributed by atoms with van der Waals surface area (Å²) in [6, 6.07) is 5.09. The normalized spacial score (nSPS) is 12.2. The van der Waals surface area contributed by atoms with Crippen molar-refractivity contribution < 1.29 is 19.0 Å². The zero-order valence-electron chi connectivity index (χ0n) is 10.4. The molecule has 19 heavy (non-hydrogen) atoms. The Kier molecular flexibility index (Phi) is 6.94. The summed E-state index contributed by atoms with van der Waals surface area (Å²) in [5, 5.41) is 0.720. The SMILES string of the molecule is COCOCC[C@H](OC(N)=O)c1cccc(Cl)c1Cl. The Morgan fingerprint density at radius 2 is 2.16 bits per heavy atom. The van der Waals surface area contributed by atoms with Crippen LogP contribution in [0.25, 0.3) is 0 Å². The Labute approximate surface area is 121 Å². The fourth-order valence-electron chi connectivity index (χ4n) is 1.52. The number of benzene rings is 1. The van der Waals surface area contributed by atoms with Crippen LogP contribution in [0.1, 0.15) is 18.1 Å². The number of carbonyl (C=O) groups excluding carboxylic acids is 1. The van der Waals surface area contributed by atoms with Gasteiger partial charge in [-0.1, -0.05) is 35.3 Å². The third-order valence-corrected chi connectivity index (χ3v) is 3.15. The van der Waals surface area contributed by atoms with Crippen molar-refractivity contribution in [1.82, 2.24) is 0 Å². The number of nitrogens with two attached hydrogens (primary N) is 1. The molecule has 0 saturated carbocycles. The van der Waals surface area contributed by atoms with Crippen molar-refractivity contribution in [3.05, 3.63) is 33.8 Å². The summed E-state index contributed by atoms with van der Waals surface area (Å²) in [4.78, 5) is 10.9. The third-order valence-electron chi connectivity index (χ3n) is 2.31. The number of carbonyl (C=O) groups is 1. The van der Waals surface area contributed by atoms with Gasteiger partial charge in [-0.25, -0.2) is 4.79 Å². The Bertz CT molecular complexity index is 428. The van der Waals surface area contributed by atoms with Gasteiger partial charge in [0.15, 0.2) is 0 Å². The van der Waals surface area contributed by atoms with E-state index in [0.717, 1.165) is 0 Å². The van der Waals surface area contributed by atoms with Gasteiger partial charge in [-0.2, -0.15) is 0 Å². The number of hydrogen-bond donors (Lipinski definition) is 1. The number of rotatable bonds is 7. The second-order valence-electron chi connectivity index (χ2n) is 3.67. The van der Waals surface area contributed by atoms with E-state index in [1.807, 2.05) is 0 Å². The summed E-state index contributed by atoms with van der Waals surface area (Å²) in [5.74, 6) is 0. The van der Waals surface area contributed by atoms with Gasteiger partial charge in [-0.3, -0.25) is 0 Å². The lowest BCUT2D eigenvalue weighted by Gasteiger charge is -2.18. The molecule has 0 aliphatic carbocycles. The van der Waals surface area contributed by atoms with Gasteiger partial charge in [0.1, 0.15) is 12.9 Å². The highest BCUT2D eigenvalue weighted by molar-refractivity contribution is 6.42. The molecule has 1 amide bonds. The van der Waals surface area contributed by atoms with Crippen molar-refractivity contribution in [3.63, 3.8) is 0 Å². The van der Waals surface area contributed by atoms with E-state index < -0.39 is 12.2 Å². The summed E-state index contributed by atoms with van der Waals surface area (Å²) in [6.07, 6.45) is -1.10. The highest BCUT2D eigenvalue weighted by Crippen LogP contribution is 2.33. The molecule has 1 aromatic carbocycles. The van der Waals surface area contributed by atoms with Crippen molar-refractivity contribution in [2.24, 2.45) is 5.73 Å². The van der Waals surface area contributed by atoms with Crippen molar-refractivity contribution in [2.75, 3.05) is 20.5 Å². The molecule has 1 atom stereocenters. The van der Waals surface area contributed by atoms with Gasteiger partial charge in [-0.05, 0) is 6.07 Å². The first-order valence-electron chi connectivity index (χ1n) is 5.53. The highest BCUT2D eigenvalue weighted by atomic mass is 35.5. The van der Waals surface area contributed by atoms with Gasteiger partial charge in [0.05, 0.1) is 16.7 Å². The van der Waals surface area contributed by atoms with E-state index in [1.165, 1.54) is 7.11 Å². The van der Waals surface area contributed by atoms with Crippen molar-refractivity contribution >= 4 is 29.3 Å². The van der Waals surface area contributed by atoms with Crippen LogP contribution < -0.4 is 5.73 Å². The maximum absolute atomic E-state index is 10.9. The van der Waals surface area contributed by atoms with Crippen LogP contribution in [0, 0.1) is 0 Å². The average molecular weight is 308 g/mol. The number of methoxy groups -OCH3 is 1. The van der Waals surface area contributed by atoms with E-state index in [-0.39, 0.29) is 6.79 Å². The Morgan fingerprint density at radius 1 is 1.42 bits per heavy atom. The molecule has 0 spiro atoms. The van der Waals surface area contributed by atoms with Crippen molar-refractivity contribution in [3.8, 4) is 0 Å². The molecule has 0 heterocycles. The molecule has 0 saturated heterocycles. The van der Waals surface area contributed by atoms with Crippen LogP contribution in [0.2, 0.25) is 10.0 Å². The van der Waals surface area contributed by atoms with Gasteiger partial charge >= 0.3 is 6.09 Å². The predicted molar refractivity (Wildman–Crippen MR) is 72.3 cm³/mol. The van der Waals surface area contributed by atoms with Crippen molar-refractivity contribution in [1.29, 1.82) is 0 Å². The Balaban J connectivity index is 2.77. The van der Waals surface area contributed by atoms with Crippen LogP contribution in [-0.2, 0) is 14.2 Å². The summed E-state index contributed by atoms with van der Waals surface area (Å²) in [5.41, 5.74) is 5.64. The molecule has 0 radical (unpaired) electrons. The largest absolute Gasteiger partial charge is 0.441 e. The van der Waals surface area contributed by atoms with E-state index in [9.17, 15) is 4.79 Å². The smallest absolute Gasteiger partial charge is 0.405 e. The van der Waals surface area contributed by atoms with E-state index in [1.54, 1.807) is 18.2 Å². The first kappa shape index (κ1) is 16.0. The first-order chi connectivity index (χ1) is 9.06. The monoisotopic (exact) mass is 307 g/mol. The van der Waals surface area contributed by atoms with Gasteiger partial charge in [0, 0.05) is 19.1 Å². The predicted octanol–water partition coefficient (Wildman–Crippen LogP) is 3.14. The molecule has 2 N–H and O–H groups in total. The lowest BCUT2D eigenvalue weighted by atomic mass is 10.1. The molecular weight excluding hydrogens is 293 g/mol. The molecule has 106 valence electrons. The molecule has 7 heteroatoms. The fraction of sp³-hybridized carbons (Fsp3) is 0.417. The number of halogens is 2. The molecule has 0 aliphatic heterocycles. The van der Waals surface area contributed by atoms with E-state index in [4.69, 9.17) is 43.1 Å². The average Bonchev–Trinajstić information content (AvgIpc) is 2.36. The molecular formula is C12H15Cl2NO4. The zero-order chi connectivity index (χ0) is 14.3.